The monoisotopic (exact) mass is 200 g/mol. The van der Waals surface area contributed by atoms with Crippen LogP contribution in [0.15, 0.2) is 0 Å². The topological polar surface area (TPSA) is 55.8 Å². The van der Waals surface area contributed by atoms with Gasteiger partial charge in [0.1, 0.15) is 0 Å². The highest BCUT2D eigenvalue weighted by atomic mass is 16.6. The Morgan fingerprint density at radius 2 is 2.36 bits per heavy atom. The van der Waals surface area contributed by atoms with Crippen molar-refractivity contribution in [3.05, 3.63) is 0 Å². The van der Waals surface area contributed by atoms with Crippen molar-refractivity contribution in [1.29, 1.82) is 0 Å². The summed E-state index contributed by atoms with van der Waals surface area (Å²) in [6.45, 7) is 2.07. The maximum Gasteiger partial charge on any atom is 0.303 e. The van der Waals surface area contributed by atoms with Crippen LogP contribution in [0.4, 0.5) is 0 Å². The maximum absolute atomic E-state index is 10.6. The van der Waals surface area contributed by atoms with Crippen molar-refractivity contribution < 1.29 is 19.4 Å². The molecule has 14 heavy (non-hydrogen) atoms. The van der Waals surface area contributed by atoms with Crippen molar-refractivity contribution in [2.24, 2.45) is 5.92 Å². The number of aliphatic carboxylic acids is 1. The minimum absolute atomic E-state index is 0.154. The molecule has 2 aliphatic heterocycles. The molecule has 2 atom stereocenters. The first kappa shape index (κ1) is 9.93. The molecule has 0 aromatic rings. The average Bonchev–Trinajstić information content (AvgIpc) is 2.52. The number of rotatable bonds is 2. The summed E-state index contributed by atoms with van der Waals surface area (Å²) in [4.78, 5) is 10.6. The van der Waals surface area contributed by atoms with Gasteiger partial charge in [-0.15, -0.1) is 0 Å². The minimum atomic E-state index is -0.703. The van der Waals surface area contributed by atoms with E-state index in [9.17, 15) is 4.79 Å². The molecule has 1 N–H and O–H groups in total. The van der Waals surface area contributed by atoms with Gasteiger partial charge in [0, 0.05) is 26.1 Å². The van der Waals surface area contributed by atoms with Crippen LogP contribution in [0.1, 0.15) is 25.7 Å². The van der Waals surface area contributed by atoms with Gasteiger partial charge in [-0.2, -0.15) is 0 Å². The SMILES string of the molecule is O=C(O)CC1CCOC2(CCOC2)C1. The van der Waals surface area contributed by atoms with E-state index in [0.717, 1.165) is 25.9 Å². The van der Waals surface area contributed by atoms with Gasteiger partial charge in [0.05, 0.1) is 12.2 Å². The Balaban J connectivity index is 1.93. The number of ether oxygens (including phenoxy) is 2. The minimum Gasteiger partial charge on any atom is -0.481 e. The van der Waals surface area contributed by atoms with Gasteiger partial charge in [0.25, 0.3) is 0 Å². The lowest BCUT2D eigenvalue weighted by atomic mass is 9.83. The molecule has 2 heterocycles. The summed E-state index contributed by atoms with van der Waals surface area (Å²) in [6.07, 6.45) is 2.90. The molecule has 80 valence electrons. The summed E-state index contributed by atoms with van der Waals surface area (Å²) >= 11 is 0. The zero-order chi connectivity index (χ0) is 10.0. The molecule has 0 radical (unpaired) electrons. The molecule has 0 aromatic carbocycles. The normalized spacial score (nSPS) is 37.6. The maximum atomic E-state index is 10.6. The van der Waals surface area contributed by atoms with Crippen molar-refractivity contribution >= 4 is 5.97 Å². The van der Waals surface area contributed by atoms with E-state index in [-0.39, 0.29) is 17.9 Å². The van der Waals surface area contributed by atoms with Crippen LogP contribution < -0.4 is 0 Å². The molecule has 2 aliphatic rings. The number of hydrogen-bond acceptors (Lipinski definition) is 3. The fraction of sp³-hybridized carbons (Fsp3) is 0.900. The fourth-order valence-corrected chi connectivity index (χ4v) is 2.41. The highest BCUT2D eigenvalue weighted by Gasteiger charge is 2.41. The molecule has 2 unspecified atom stereocenters. The Bertz CT molecular complexity index is 220. The van der Waals surface area contributed by atoms with Crippen LogP contribution in [0.5, 0.6) is 0 Å². The average molecular weight is 200 g/mol. The van der Waals surface area contributed by atoms with Crippen molar-refractivity contribution in [2.75, 3.05) is 19.8 Å². The van der Waals surface area contributed by atoms with Gasteiger partial charge < -0.3 is 14.6 Å². The molecule has 2 rings (SSSR count). The number of carboxylic acid groups (broad SMARTS) is 1. The van der Waals surface area contributed by atoms with E-state index in [4.69, 9.17) is 14.6 Å². The van der Waals surface area contributed by atoms with Gasteiger partial charge in [-0.3, -0.25) is 4.79 Å². The first-order chi connectivity index (χ1) is 6.70. The molecule has 0 bridgehead atoms. The van der Waals surface area contributed by atoms with Gasteiger partial charge in [-0.05, 0) is 18.8 Å². The van der Waals surface area contributed by atoms with Crippen LogP contribution in [-0.4, -0.2) is 36.5 Å². The highest BCUT2D eigenvalue weighted by molar-refractivity contribution is 5.67. The van der Waals surface area contributed by atoms with Gasteiger partial charge >= 0.3 is 5.97 Å². The van der Waals surface area contributed by atoms with Gasteiger partial charge in [0.2, 0.25) is 0 Å². The Morgan fingerprint density at radius 1 is 1.50 bits per heavy atom. The first-order valence-corrected chi connectivity index (χ1v) is 5.14. The smallest absolute Gasteiger partial charge is 0.303 e. The summed E-state index contributed by atoms with van der Waals surface area (Å²) in [6, 6.07) is 0. The zero-order valence-electron chi connectivity index (χ0n) is 8.20. The van der Waals surface area contributed by atoms with Crippen LogP contribution in [0.2, 0.25) is 0 Å². The lowest BCUT2D eigenvalue weighted by Crippen LogP contribution is -2.40. The zero-order valence-corrected chi connectivity index (χ0v) is 8.20. The molecule has 0 saturated carbocycles. The number of hydrogen-bond donors (Lipinski definition) is 1. The predicted octanol–water partition coefficient (Wildman–Crippen LogP) is 1.05. The predicted molar refractivity (Wildman–Crippen MR) is 49.1 cm³/mol. The number of carboxylic acids is 1. The van der Waals surface area contributed by atoms with Gasteiger partial charge in [-0.25, -0.2) is 0 Å². The van der Waals surface area contributed by atoms with E-state index in [2.05, 4.69) is 0 Å². The third-order valence-corrected chi connectivity index (χ3v) is 3.13. The lowest BCUT2D eigenvalue weighted by Gasteiger charge is -2.36. The standard InChI is InChI=1S/C10H16O4/c11-9(12)5-8-1-3-14-10(6-8)2-4-13-7-10/h8H,1-7H2,(H,11,12). The highest BCUT2D eigenvalue weighted by Crippen LogP contribution is 2.36. The van der Waals surface area contributed by atoms with Crippen molar-refractivity contribution in [3.63, 3.8) is 0 Å². The molecule has 0 aliphatic carbocycles. The van der Waals surface area contributed by atoms with E-state index in [1.54, 1.807) is 0 Å². The molecule has 1 spiro atoms. The Labute approximate surface area is 83.2 Å². The molecular formula is C10H16O4. The molecule has 0 amide bonds. The molecule has 2 saturated heterocycles. The van der Waals surface area contributed by atoms with E-state index in [1.807, 2.05) is 0 Å². The second kappa shape index (κ2) is 3.87. The van der Waals surface area contributed by atoms with Crippen LogP contribution in [-0.2, 0) is 14.3 Å². The first-order valence-electron chi connectivity index (χ1n) is 5.14. The summed E-state index contributed by atoms with van der Waals surface area (Å²) in [5.74, 6) is -0.436. The van der Waals surface area contributed by atoms with Crippen molar-refractivity contribution in [3.8, 4) is 0 Å². The molecule has 2 fully saturated rings. The Kier molecular flexibility index (Phi) is 2.74. The van der Waals surface area contributed by atoms with Crippen LogP contribution in [0, 0.1) is 5.92 Å². The van der Waals surface area contributed by atoms with Gasteiger partial charge in [-0.1, -0.05) is 0 Å². The lowest BCUT2D eigenvalue weighted by molar-refractivity contribution is -0.142. The number of carbonyl (C=O) groups is 1. The van der Waals surface area contributed by atoms with Crippen molar-refractivity contribution in [1.82, 2.24) is 0 Å². The van der Waals surface area contributed by atoms with E-state index in [0.29, 0.717) is 13.2 Å². The summed E-state index contributed by atoms with van der Waals surface area (Å²) in [5, 5.41) is 8.72. The third kappa shape index (κ3) is 2.07. The van der Waals surface area contributed by atoms with Crippen molar-refractivity contribution in [2.45, 2.75) is 31.3 Å². The third-order valence-electron chi connectivity index (χ3n) is 3.13. The van der Waals surface area contributed by atoms with E-state index >= 15 is 0 Å². The molecule has 4 heteroatoms. The molecular weight excluding hydrogens is 184 g/mol. The summed E-state index contributed by atoms with van der Waals surface area (Å²) < 4.78 is 11.0. The summed E-state index contributed by atoms with van der Waals surface area (Å²) in [7, 11) is 0. The van der Waals surface area contributed by atoms with E-state index in [1.165, 1.54) is 0 Å². The van der Waals surface area contributed by atoms with Crippen LogP contribution in [0.25, 0.3) is 0 Å². The summed E-state index contributed by atoms with van der Waals surface area (Å²) in [5.41, 5.74) is -0.154. The van der Waals surface area contributed by atoms with E-state index < -0.39 is 5.97 Å². The molecule has 4 nitrogen and oxygen atoms in total. The van der Waals surface area contributed by atoms with Crippen LogP contribution >= 0.6 is 0 Å². The van der Waals surface area contributed by atoms with Gasteiger partial charge in [0.15, 0.2) is 0 Å². The Hall–Kier alpha value is -0.610. The fourth-order valence-electron chi connectivity index (χ4n) is 2.41. The largest absolute Gasteiger partial charge is 0.481 e. The quantitative estimate of drug-likeness (QED) is 0.723. The molecule has 0 aromatic heterocycles. The Morgan fingerprint density at radius 3 is 3.00 bits per heavy atom. The second-order valence-corrected chi connectivity index (χ2v) is 4.29. The van der Waals surface area contributed by atoms with Crippen LogP contribution in [0.3, 0.4) is 0 Å². The second-order valence-electron chi connectivity index (χ2n) is 4.29.